The summed E-state index contributed by atoms with van der Waals surface area (Å²) in [5, 5.41) is 7.12. The Morgan fingerprint density at radius 1 is 1.38 bits per heavy atom. The maximum Gasteiger partial charge on any atom is 0.191 e. The molecule has 1 aromatic rings. The molecular formula is C14H23ClIN3O2. The number of ether oxygens (including phenoxy) is 2. The van der Waals surface area contributed by atoms with Crippen molar-refractivity contribution in [1.29, 1.82) is 0 Å². The molecule has 7 heteroatoms. The normalized spacial score (nSPS) is 12.3. The Morgan fingerprint density at radius 2 is 2.10 bits per heavy atom. The van der Waals surface area contributed by atoms with Crippen LogP contribution in [-0.2, 0) is 11.3 Å². The number of rotatable bonds is 6. The van der Waals surface area contributed by atoms with Gasteiger partial charge >= 0.3 is 0 Å². The average Bonchev–Trinajstić information content (AvgIpc) is 2.44. The molecular weight excluding hydrogens is 405 g/mol. The molecule has 0 aromatic heterocycles. The molecule has 0 amide bonds. The predicted octanol–water partition coefficient (Wildman–Crippen LogP) is 2.67. The predicted molar refractivity (Wildman–Crippen MR) is 98.1 cm³/mol. The molecule has 0 aliphatic carbocycles. The van der Waals surface area contributed by atoms with E-state index in [9.17, 15) is 0 Å². The molecule has 1 atom stereocenters. The van der Waals surface area contributed by atoms with Crippen molar-refractivity contribution in [1.82, 2.24) is 10.6 Å². The van der Waals surface area contributed by atoms with E-state index in [4.69, 9.17) is 21.1 Å². The zero-order valence-corrected chi connectivity index (χ0v) is 15.9. The lowest BCUT2D eigenvalue weighted by Gasteiger charge is -2.18. The summed E-state index contributed by atoms with van der Waals surface area (Å²) < 4.78 is 10.4. The first-order chi connectivity index (χ1) is 9.60. The summed E-state index contributed by atoms with van der Waals surface area (Å²) in [5.74, 6) is 1.47. The first-order valence-corrected chi connectivity index (χ1v) is 6.77. The van der Waals surface area contributed by atoms with Crippen molar-refractivity contribution < 1.29 is 9.47 Å². The molecule has 21 heavy (non-hydrogen) atoms. The maximum absolute atomic E-state index is 5.94. The van der Waals surface area contributed by atoms with Crippen LogP contribution in [0.3, 0.4) is 0 Å². The quantitative estimate of drug-likeness (QED) is 0.416. The zero-order chi connectivity index (χ0) is 15.0. The number of nitrogens with one attached hydrogen (secondary N) is 2. The minimum Gasteiger partial charge on any atom is -0.496 e. The van der Waals surface area contributed by atoms with Gasteiger partial charge in [0.05, 0.1) is 13.7 Å². The van der Waals surface area contributed by atoms with Crippen LogP contribution in [0.1, 0.15) is 12.5 Å². The molecule has 1 unspecified atom stereocenters. The van der Waals surface area contributed by atoms with Gasteiger partial charge in [-0.25, -0.2) is 0 Å². The Kier molecular flexibility index (Phi) is 10.5. The fourth-order valence-corrected chi connectivity index (χ4v) is 1.93. The minimum atomic E-state index is 0. The van der Waals surface area contributed by atoms with Crippen LogP contribution in [0.15, 0.2) is 23.2 Å². The first kappa shape index (κ1) is 20.3. The Hall–Kier alpha value is -0.730. The minimum absolute atomic E-state index is 0. The molecule has 0 bridgehead atoms. The van der Waals surface area contributed by atoms with Gasteiger partial charge in [0.1, 0.15) is 5.75 Å². The van der Waals surface area contributed by atoms with Crippen LogP contribution in [0.25, 0.3) is 0 Å². The van der Waals surface area contributed by atoms with Crippen molar-refractivity contribution in [3.05, 3.63) is 28.8 Å². The van der Waals surface area contributed by atoms with E-state index in [0.29, 0.717) is 24.1 Å². The van der Waals surface area contributed by atoms with Gasteiger partial charge in [-0.3, -0.25) is 4.99 Å². The summed E-state index contributed by atoms with van der Waals surface area (Å²) in [6.07, 6.45) is 0. The third-order valence-electron chi connectivity index (χ3n) is 2.72. The van der Waals surface area contributed by atoms with Crippen molar-refractivity contribution in [2.24, 2.45) is 4.99 Å². The van der Waals surface area contributed by atoms with Gasteiger partial charge in [-0.15, -0.1) is 24.0 Å². The van der Waals surface area contributed by atoms with Crippen molar-refractivity contribution >= 4 is 41.5 Å². The van der Waals surface area contributed by atoms with Crippen LogP contribution in [0.2, 0.25) is 5.02 Å². The Bertz CT molecular complexity index is 458. The summed E-state index contributed by atoms with van der Waals surface area (Å²) >= 11 is 5.94. The highest BCUT2D eigenvalue weighted by Gasteiger charge is 2.07. The van der Waals surface area contributed by atoms with E-state index in [1.807, 2.05) is 19.1 Å². The van der Waals surface area contributed by atoms with Crippen LogP contribution >= 0.6 is 35.6 Å². The van der Waals surface area contributed by atoms with Gasteiger partial charge in [0, 0.05) is 37.3 Å². The van der Waals surface area contributed by atoms with Gasteiger partial charge in [-0.05, 0) is 19.1 Å². The van der Waals surface area contributed by atoms with Gasteiger partial charge in [0.25, 0.3) is 0 Å². The van der Waals surface area contributed by atoms with Gasteiger partial charge in [0.15, 0.2) is 5.96 Å². The van der Waals surface area contributed by atoms with Crippen molar-refractivity contribution in [2.75, 3.05) is 27.9 Å². The lowest BCUT2D eigenvalue weighted by atomic mass is 10.2. The fourth-order valence-electron chi connectivity index (χ4n) is 1.76. The van der Waals surface area contributed by atoms with E-state index in [-0.39, 0.29) is 30.0 Å². The lowest BCUT2D eigenvalue weighted by molar-refractivity contribution is 0.179. The summed E-state index contributed by atoms with van der Waals surface area (Å²) in [5.41, 5.74) is 1.01. The van der Waals surface area contributed by atoms with E-state index in [2.05, 4.69) is 15.6 Å². The number of benzene rings is 1. The number of hydrogen-bond acceptors (Lipinski definition) is 3. The van der Waals surface area contributed by atoms with Gasteiger partial charge in [0.2, 0.25) is 0 Å². The molecule has 0 radical (unpaired) electrons. The second-order valence-corrected chi connectivity index (χ2v) is 4.82. The molecule has 0 spiro atoms. The number of aliphatic imine (C=N–C) groups is 1. The third-order valence-corrected chi connectivity index (χ3v) is 2.95. The maximum atomic E-state index is 5.94. The molecule has 0 aliphatic heterocycles. The molecule has 1 aromatic carbocycles. The molecule has 2 N–H and O–H groups in total. The first-order valence-electron chi connectivity index (χ1n) is 6.39. The van der Waals surface area contributed by atoms with Crippen LogP contribution in [0.4, 0.5) is 0 Å². The molecule has 0 heterocycles. The van der Waals surface area contributed by atoms with Crippen molar-refractivity contribution in [2.45, 2.75) is 19.5 Å². The van der Waals surface area contributed by atoms with Gasteiger partial charge < -0.3 is 20.1 Å². The second-order valence-electron chi connectivity index (χ2n) is 4.38. The Morgan fingerprint density at radius 3 is 2.67 bits per heavy atom. The highest BCUT2D eigenvalue weighted by molar-refractivity contribution is 14.0. The summed E-state index contributed by atoms with van der Waals surface area (Å²) in [6.45, 7) is 3.24. The molecule has 0 fully saturated rings. The SMILES string of the molecule is CN=C(NCc1ccc(Cl)cc1OC)NC(C)COC.I. The largest absolute Gasteiger partial charge is 0.496 e. The van der Waals surface area contributed by atoms with Crippen LogP contribution < -0.4 is 15.4 Å². The molecule has 0 aliphatic rings. The summed E-state index contributed by atoms with van der Waals surface area (Å²) in [7, 11) is 5.03. The van der Waals surface area contributed by atoms with Crippen molar-refractivity contribution in [3.63, 3.8) is 0 Å². The van der Waals surface area contributed by atoms with E-state index >= 15 is 0 Å². The molecule has 0 saturated heterocycles. The van der Waals surface area contributed by atoms with Crippen LogP contribution in [-0.4, -0.2) is 39.9 Å². The summed E-state index contributed by atoms with van der Waals surface area (Å²) in [4.78, 5) is 4.17. The van der Waals surface area contributed by atoms with E-state index in [0.717, 1.165) is 11.3 Å². The second kappa shape index (κ2) is 10.9. The molecule has 0 saturated carbocycles. The summed E-state index contributed by atoms with van der Waals surface area (Å²) in [6, 6.07) is 5.74. The van der Waals surface area contributed by atoms with E-state index < -0.39 is 0 Å². The molecule has 120 valence electrons. The third kappa shape index (κ3) is 7.19. The number of halogens is 2. The standard InChI is InChI=1S/C14H22ClN3O2.HI/c1-10(9-19-3)18-14(16-2)17-8-11-5-6-12(15)7-13(11)20-4;/h5-7,10H,8-9H2,1-4H3,(H2,16,17,18);1H. The van der Waals surface area contributed by atoms with Crippen LogP contribution in [0, 0.1) is 0 Å². The number of guanidine groups is 1. The van der Waals surface area contributed by atoms with Gasteiger partial charge in [-0.2, -0.15) is 0 Å². The van der Waals surface area contributed by atoms with E-state index in [1.54, 1.807) is 27.3 Å². The average molecular weight is 428 g/mol. The smallest absolute Gasteiger partial charge is 0.191 e. The molecule has 5 nitrogen and oxygen atoms in total. The lowest BCUT2D eigenvalue weighted by Crippen LogP contribution is -2.43. The number of nitrogens with zero attached hydrogens (tertiary/aromatic N) is 1. The van der Waals surface area contributed by atoms with Crippen LogP contribution in [0.5, 0.6) is 5.75 Å². The highest BCUT2D eigenvalue weighted by atomic mass is 127. The van der Waals surface area contributed by atoms with Gasteiger partial charge in [-0.1, -0.05) is 17.7 Å². The topological polar surface area (TPSA) is 54.9 Å². The van der Waals surface area contributed by atoms with E-state index in [1.165, 1.54) is 0 Å². The Labute approximate surface area is 148 Å². The monoisotopic (exact) mass is 427 g/mol. The molecule has 1 rings (SSSR count). The number of hydrogen-bond donors (Lipinski definition) is 2. The van der Waals surface area contributed by atoms with Crippen molar-refractivity contribution in [3.8, 4) is 5.75 Å². The fraction of sp³-hybridized carbons (Fsp3) is 0.500. The Balaban J connectivity index is 0.00000400. The number of methoxy groups -OCH3 is 2. The zero-order valence-electron chi connectivity index (χ0n) is 12.8. The highest BCUT2D eigenvalue weighted by Crippen LogP contribution is 2.22.